The van der Waals surface area contributed by atoms with Crippen LogP contribution in [0.4, 0.5) is 5.69 Å². The lowest BCUT2D eigenvalue weighted by Crippen LogP contribution is -2.34. The minimum absolute atomic E-state index is 0.0499. The molecule has 0 aromatic carbocycles. The van der Waals surface area contributed by atoms with Gasteiger partial charge in [-0.2, -0.15) is 0 Å². The minimum Gasteiger partial charge on any atom is -0.384 e. The molecule has 0 aliphatic rings. The zero-order valence-electron chi connectivity index (χ0n) is 9.90. The Hall–Kier alpha value is -1.62. The lowest BCUT2D eigenvalue weighted by molar-refractivity contribution is 0.183. The summed E-state index contributed by atoms with van der Waals surface area (Å²) in [6, 6.07) is 1.94. The van der Waals surface area contributed by atoms with Crippen LogP contribution in [0, 0.1) is 5.41 Å². The zero-order chi connectivity index (χ0) is 12.1. The van der Waals surface area contributed by atoms with Crippen molar-refractivity contribution in [3.05, 3.63) is 24.0 Å². The fourth-order valence-electron chi connectivity index (χ4n) is 1.49. The lowest BCUT2D eigenvalue weighted by Gasteiger charge is -2.27. The van der Waals surface area contributed by atoms with Crippen LogP contribution in [0.25, 0.3) is 0 Å². The van der Waals surface area contributed by atoms with Crippen molar-refractivity contribution in [1.82, 2.24) is 4.98 Å². The van der Waals surface area contributed by atoms with Crippen LogP contribution < -0.4 is 10.6 Å². The number of aromatic nitrogens is 1. The molecule has 1 unspecified atom stereocenters. The highest BCUT2D eigenvalue weighted by molar-refractivity contribution is 6.00. The molecule has 3 N–H and O–H groups in total. The number of amidine groups is 1. The van der Waals surface area contributed by atoms with Crippen molar-refractivity contribution in [1.29, 1.82) is 5.41 Å². The third kappa shape index (κ3) is 2.70. The molecule has 5 heteroatoms. The van der Waals surface area contributed by atoms with Crippen LogP contribution in [-0.4, -0.2) is 37.6 Å². The number of rotatable bonds is 5. The Morgan fingerprint density at radius 2 is 2.38 bits per heavy atom. The van der Waals surface area contributed by atoms with E-state index in [1.165, 1.54) is 0 Å². The Bertz CT molecular complexity index is 367. The maximum absolute atomic E-state index is 7.50. The van der Waals surface area contributed by atoms with E-state index in [1.54, 1.807) is 25.6 Å². The molecule has 0 aliphatic heterocycles. The second kappa shape index (κ2) is 5.46. The average Bonchev–Trinajstić information content (AvgIpc) is 2.28. The Kier molecular flexibility index (Phi) is 4.25. The van der Waals surface area contributed by atoms with E-state index in [0.717, 1.165) is 5.69 Å². The van der Waals surface area contributed by atoms with Crippen LogP contribution in [0.5, 0.6) is 0 Å². The number of nitrogens with two attached hydrogens (primary N) is 1. The van der Waals surface area contributed by atoms with E-state index in [2.05, 4.69) is 4.98 Å². The van der Waals surface area contributed by atoms with E-state index in [-0.39, 0.29) is 11.9 Å². The number of nitrogens with one attached hydrogen (secondary N) is 1. The van der Waals surface area contributed by atoms with Gasteiger partial charge in [-0.15, -0.1) is 0 Å². The van der Waals surface area contributed by atoms with Crippen molar-refractivity contribution in [3.63, 3.8) is 0 Å². The summed E-state index contributed by atoms with van der Waals surface area (Å²) in [4.78, 5) is 6.06. The summed E-state index contributed by atoms with van der Waals surface area (Å²) in [5.41, 5.74) is 7.07. The second-order valence-corrected chi connectivity index (χ2v) is 3.72. The largest absolute Gasteiger partial charge is 0.384 e. The van der Waals surface area contributed by atoms with Gasteiger partial charge in [-0.1, -0.05) is 0 Å². The van der Waals surface area contributed by atoms with Gasteiger partial charge in [0.05, 0.1) is 18.5 Å². The third-order valence-corrected chi connectivity index (χ3v) is 2.54. The molecular weight excluding hydrogens is 204 g/mol. The third-order valence-electron chi connectivity index (χ3n) is 2.54. The first kappa shape index (κ1) is 12.4. The first-order chi connectivity index (χ1) is 7.57. The Morgan fingerprint density at radius 1 is 1.69 bits per heavy atom. The molecule has 16 heavy (non-hydrogen) atoms. The molecule has 0 bridgehead atoms. The van der Waals surface area contributed by atoms with Crippen molar-refractivity contribution in [2.24, 2.45) is 5.73 Å². The van der Waals surface area contributed by atoms with Crippen LogP contribution in [0.3, 0.4) is 0 Å². The zero-order valence-corrected chi connectivity index (χ0v) is 9.90. The fourth-order valence-corrected chi connectivity index (χ4v) is 1.49. The Labute approximate surface area is 95.7 Å². The topological polar surface area (TPSA) is 75.2 Å². The molecule has 0 saturated heterocycles. The normalized spacial score (nSPS) is 12.2. The Balaban J connectivity index is 2.98. The van der Waals surface area contributed by atoms with Gasteiger partial charge in [0.15, 0.2) is 0 Å². The van der Waals surface area contributed by atoms with Gasteiger partial charge in [0, 0.05) is 32.0 Å². The predicted octanol–water partition coefficient (Wildman–Crippen LogP) is 0.837. The molecule has 5 nitrogen and oxygen atoms in total. The monoisotopic (exact) mass is 222 g/mol. The summed E-state index contributed by atoms with van der Waals surface area (Å²) in [6.07, 6.45) is 3.35. The fraction of sp³-hybridized carbons (Fsp3) is 0.455. The van der Waals surface area contributed by atoms with Crippen LogP contribution in [-0.2, 0) is 4.74 Å². The van der Waals surface area contributed by atoms with Gasteiger partial charge < -0.3 is 15.4 Å². The highest BCUT2D eigenvalue weighted by atomic mass is 16.5. The molecular formula is C11H18N4O. The summed E-state index contributed by atoms with van der Waals surface area (Å²) < 4.78 is 5.10. The summed E-state index contributed by atoms with van der Waals surface area (Å²) in [6.45, 7) is 2.66. The first-order valence-corrected chi connectivity index (χ1v) is 5.08. The molecule has 1 heterocycles. The van der Waals surface area contributed by atoms with Crippen LogP contribution in [0.1, 0.15) is 12.5 Å². The van der Waals surface area contributed by atoms with E-state index in [0.29, 0.717) is 12.2 Å². The molecule has 0 spiro atoms. The molecule has 0 fully saturated rings. The van der Waals surface area contributed by atoms with Gasteiger partial charge in [0.1, 0.15) is 5.84 Å². The summed E-state index contributed by atoms with van der Waals surface area (Å²) in [5.74, 6) is 0.0499. The Morgan fingerprint density at radius 3 is 2.94 bits per heavy atom. The van der Waals surface area contributed by atoms with Crippen LogP contribution in [0.2, 0.25) is 0 Å². The van der Waals surface area contributed by atoms with E-state index in [9.17, 15) is 0 Å². The van der Waals surface area contributed by atoms with Gasteiger partial charge in [-0.05, 0) is 13.0 Å². The van der Waals surface area contributed by atoms with Gasteiger partial charge in [0.2, 0.25) is 0 Å². The quantitative estimate of drug-likeness (QED) is 0.571. The maximum Gasteiger partial charge on any atom is 0.125 e. The SMILES string of the molecule is COCC(C)N(C)c1cnccc1C(=N)N. The van der Waals surface area contributed by atoms with Gasteiger partial charge in [-0.3, -0.25) is 10.4 Å². The first-order valence-electron chi connectivity index (χ1n) is 5.08. The van der Waals surface area contributed by atoms with E-state index in [4.69, 9.17) is 15.9 Å². The summed E-state index contributed by atoms with van der Waals surface area (Å²) >= 11 is 0. The van der Waals surface area contributed by atoms with Crippen molar-refractivity contribution in [2.75, 3.05) is 25.7 Å². The number of likely N-dealkylation sites (N-methyl/N-ethyl adjacent to an activating group) is 1. The van der Waals surface area contributed by atoms with E-state index in [1.807, 2.05) is 18.9 Å². The number of nitrogens with zero attached hydrogens (tertiary/aromatic N) is 2. The summed E-state index contributed by atoms with van der Waals surface area (Å²) in [7, 11) is 3.60. The highest BCUT2D eigenvalue weighted by Crippen LogP contribution is 2.19. The molecule has 0 saturated carbocycles. The van der Waals surface area contributed by atoms with E-state index >= 15 is 0 Å². The molecule has 0 amide bonds. The molecule has 0 radical (unpaired) electrons. The second-order valence-electron chi connectivity index (χ2n) is 3.72. The van der Waals surface area contributed by atoms with Crippen molar-refractivity contribution in [3.8, 4) is 0 Å². The van der Waals surface area contributed by atoms with Gasteiger partial charge in [0.25, 0.3) is 0 Å². The predicted molar refractivity (Wildman–Crippen MR) is 65.0 cm³/mol. The van der Waals surface area contributed by atoms with Crippen molar-refractivity contribution < 1.29 is 4.74 Å². The molecule has 1 rings (SSSR count). The van der Waals surface area contributed by atoms with Gasteiger partial charge in [-0.25, -0.2) is 0 Å². The van der Waals surface area contributed by atoms with Crippen LogP contribution >= 0.6 is 0 Å². The number of nitrogen functional groups attached to an aromatic ring is 1. The number of ether oxygens (including phenoxy) is 1. The number of methoxy groups -OCH3 is 1. The highest BCUT2D eigenvalue weighted by Gasteiger charge is 2.14. The molecule has 0 aliphatic carbocycles. The van der Waals surface area contributed by atoms with Crippen LogP contribution in [0.15, 0.2) is 18.5 Å². The minimum atomic E-state index is 0.0499. The number of pyridine rings is 1. The molecule has 1 aromatic heterocycles. The maximum atomic E-state index is 7.50. The lowest BCUT2D eigenvalue weighted by atomic mass is 10.1. The van der Waals surface area contributed by atoms with Crippen molar-refractivity contribution >= 4 is 11.5 Å². The smallest absolute Gasteiger partial charge is 0.125 e. The van der Waals surface area contributed by atoms with E-state index < -0.39 is 0 Å². The molecule has 88 valence electrons. The average molecular weight is 222 g/mol. The summed E-state index contributed by atoms with van der Waals surface area (Å²) in [5, 5.41) is 7.50. The number of hydrogen-bond acceptors (Lipinski definition) is 4. The number of anilines is 1. The number of hydrogen-bond donors (Lipinski definition) is 2. The molecule has 1 aromatic rings. The standard InChI is InChI=1S/C11H18N4O/c1-8(7-16-3)15(2)10-6-14-5-4-9(10)11(12)13/h4-6,8H,7H2,1-3H3,(H3,12,13). The van der Waals surface area contributed by atoms with Gasteiger partial charge >= 0.3 is 0 Å². The molecule has 1 atom stereocenters. The van der Waals surface area contributed by atoms with Crippen molar-refractivity contribution in [2.45, 2.75) is 13.0 Å².